The minimum Gasteiger partial charge on any atom is -0.455 e. The summed E-state index contributed by atoms with van der Waals surface area (Å²) in [5.74, 6) is 0.855. The molecule has 0 amide bonds. The predicted molar refractivity (Wildman–Crippen MR) is 146 cm³/mol. The van der Waals surface area contributed by atoms with E-state index in [0.717, 1.165) is 52.1 Å². The first-order valence-electron chi connectivity index (χ1n) is 12.6. The Hall–Kier alpha value is -3.15. The smallest absolute Gasteiger partial charge is 0.151 e. The molecule has 5 aromatic rings. The Bertz CT molecular complexity index is 1400. The minimum atomic E-state index is -1.20. The summed E-state index contributed by atoms with van der Waals surface area (Å²) in [7, 11) is -1.20. The summed E-state index contributed by atoms with van der Waals surface area (Å²) in [4.78, 5) is 4.40. The molecule has 0 radical (unpaired) electrons. The number of H-pyrrole nitrogens is 1. The molecule has 2 aromatic heterocycles. The van der Waals surface area contributed by atoms with Crippen molar-refractivity contribution in [2.75, 3.05) is 6.54 Å². The highest BCUT2D eigenvalue weighted by Gasteiger charge is 2.16. The highest BCUT2D eigenvalue weighted by molar-refractivity contribution is 7.83. The molecule has 4 nitrogen and oxygen atoms in total. The Morgan fingerprint density at radius 1 is 0.886 bits per heavy atom. The second-order valence-electron chi connectivity index (χ2n) is 9.04. The minimum absolute atomic E-state index is 0.671. The van der Waals surface area contributed by atoms with E-state index in [9.17, 15) is 4.21 Å². The van der Waals surface area contributed by atoms with E-state index in [2.05, 4.69) is 59.1 Å². The van der Waals surface area contributed by atoms with Crippen molar-refractivity contribution in [3.63, 3.8) is 0 Å². The molecule has 1 atom stereocenters. The molecule has 0 aliphatic rings. The fourth-order valence-electron chi connectivity index (χ4n) is 4.65. The molecule has 0 aliphatic heterocycles. The summed E-state index contributed by atoms with van der Waals surface area (Å²) in [5, 5.41) is 2.31. The van der Waals surface area contributed by atoms with Crippen LogP contribution in [0.1, 0.15) is 43.7 Å². The highest BCUT2D eigenvalue weighted by atomic mass is 32.2. The number of furan rings is 1. The van der Waals surface area contributed by atoms with E-state index in [0.29, 0.717) is 6.54 Å². The molecule has 180 valence electrons. The van der Waals surface area contributed by atoms with Gasteiger partial charge >= 0.3 is 0 Å². The molecule has 1 unspecified atom stereocenters. The standard InChI is InChI=1S/C30H32N2O2S/c1-2-3-4-10-22-16-18-24(19-17-22)35(33)31-20-9-13-26-25-12-6-7-14-27(25)32-30(26)29-21-23-11-5-8-15-28(23)34-29/h5-8,11-12,14-19,21,31-32H,2-4,9-10,13,20H2,1H3. The maximum absolute atomic E-state index is 12.8. The van der Waals surface area contributed by atoms with Gasteiger partial charge in [-0.25, -0.2) is 8.93 Å². The number of rotatable bonds is 11. The van der Waals surface area contributed by atoms with Gasteiger partial charge in [0.1, 0.15) is 16.6 Å². The van der Waals surface area contributed by atoms with Crippen molar-refractivity contribution in [1.82, 2.24) is 9.71 Å². The van der Waals surface area contributed by atoms with Gasteiger partial charge in [-0.3, -0.25) is 0 Å². The lowest BCUT2D eigenvalue weighted by Crippen LogP contribution is -2.19. The van der Waals surface area contributed by atoms with Crippen LogP contribution in [0.5, 0.6) is 0 Å². The third-order valence-corrected chi connectivity index (χ3v) is 7.70. The fourth-order valence-corrected chi connectivity index (χ4v) is 5.53. The summed E-state index contributed by atoms with van der Waals surface area (Å²) in [6.45, 7) is 2.89. The van der Waals surface area contributed by atoms with Crippen molar-refractivity contribution >= 4 is 32.9 Å². The van der Waals surface area contributed by atoms with Gasteiger partial charge in [-0.15, -0.1) is 0 Å². The lowest BCUT2D eigenvalue weighted by Gasteiger charge is -2.07. The molecule has 5 rings (SSSR count). The number of benzene rings is 3. The summed E-state index contributed by atoms with van der Waals surface area (Å²) in [5.41, 5.74) is 5.58. The second-order valence-corrected chi connectivity index (χ2v) is 10.3. The zero-order valence-electron chi connectivity index (χ0n) is 20.2. The van der Waals surface area contributed by atoms with Crippen LogP contribution >= 0.6 is 0 Å². The van der Waals surface area contributed by atoms with Crippen LogP contribution in [0.4, 0.5) is 0 Å². The van der Waals surface area contributed by atoms with Crippen LogP contribution in [0, 0.1) is 0 Å². The largest absolute Gasteiger partial charge is 0.455 e. The average Bonchev–Trinajstić information content (AvgIpc) is 3.48. The first-order valence-corrected chi connectivity index (χ1v) is 13.7. The van der Waals surface area contributed by atoms with Gasteiger partial charge in [-0.2, -0.15) is 0 Å². The SMILES string of the molecule is CCCCCc1ccc(S(=O)NCCCc2c(-c3cc4ccccc4o3)[nH]c3ccccc23)cc1. The molecule has 3 aromatic carbocycles. The summed E-state index contributed by atoms with van der Waals surface area (Å²) < 4.78 is 22.1. The van der Waals surface area contributed by atoms with Crippen LogP contribution in [0.15, 0.2) is 88.2 Å². The molecule has 0 bridgehead atoms. The van der Waals surface area contributed by atoms with Crippen LogP contribution in [0.3, 0.4) is 0 Å². The van der Waals surface area contributed by atoms with E-state index >= 15 is 0 Å². The van der Waals surface area contributed by atoms with Crippen molar-refractivity contribution in [2.45, 2.75) is 50.3 Å². The first-order chi connectivity index (χ1) is 17.2. The maximum Gasteiger partial charge on any atom is 0.151 e. The van der Waals surface area contributed by atoms with Crippen molar-refractivity contribution in [1.29, 1.82) is 0 Å². The molecular weight excluding hydrogens is 452 g/mol. The van der Waals surface area contributed by atoms with E-state index in [1.807, 2.05) is 36.4 Å². The zero-order valence-corrected chi connectivity index (χ0v) is 21.0. The first kappa shape index (κ1) is 23.6. The normalized spacial score (nSPS) is 12.5. The van der Waals surface area contributed by atoms with Gasteiger partial charge in [-0.05, 0) is 67.1 Å². The number of fused-ring (bicyclic) bond motifs is 2. The Morgan fingerprint density at radius 3 is 2.51 bits per heavy atom. The highest BCUT2D eigenvalue weighted by Crippen LogP contribution is 2.34. The van der Waals surface area contributed by atoms with Crippen LogP contribution in [-0.2, 0) is 23.8 Å². The number of para-hydroxylation sites is 2. The Balaban J connectivity index is 1.25. The van der Waals surface area contributed by atoms with Crippen LogP contribution in [0.25, 0.3) is 33.3 Å². The number of hydrogen-bond donors (Lipinski definition) is 2. The second kappa shape index (κ2) is 11.1. The number of aromatic nitrogens is 1. The van der Waals surface area contributed by atoms with Gasteiger partial charge in [0.05, 0.1) is 10.6 Å². The van der Waals surface area contributed by atoms with E-state index in [1.165, 1.54) is 35.8 Å². The summed E-state index contributed by atoms with van der Waals surface area (Å²) in [6.07, 6.45) is 6.51. The van der Waals surface area contributed by atoms with Gasteiger partial charge in [0.25, 0.3) is 0 Å². The van der Waals surface area contributed by atoms with Gasteiger partial charge in [0.2, 0.25) is 0 Å². The quantitative estimate of drug-likeness (QED) is 0.190. The lowest BCUT2D eigenvalue weighted by atomic mass is 10.0. The van der Waals surface area contributed by atoms with Gasteiger partial charge in [-0.1, -0.05) is 68.3 Å². The van der Waals surface area contributed by atoms with Gasteiger partial charge in [0.15, 0.2) is 5.76 Å². The van der Waals surface area contributed by atoms with E-state index in [4.69, 9.17) is 4.42 Å². The number of aromatic amines is 1. The zero-order chi connectivity index (χ0) is 24.0. The van der Waals surface area contributed by atoms with Gasteiger partial charge in [0, 0.05) is 22.8 Å². The molecule has 0 spiro atoms. The number of hydrogen-bond acceptors (Lipinski definition) is 2. The van der Waals surface area contributed by atoms with Crippen LogP contribution < -0.4 is 4.72 Å². The molecule has 0 saturated carbocycles. The van der Waals surface area contributed by atoms with Crippen LogP contribution in [-0.4, -0.2) is 15.7 Å². The molecule has 0 aliphatic carbocycles. The van der Waals surface area contributed by atoms with E-state index in [1.54, 1.807) is 0 Å². The Kier molecular flexibility index (Phi) is 7.45. The average molecular weight is 485 g/mol. The fraction of sp³-hybridized carbons (Fsp3) is 0.267. The number of aryl methyl sites for hydroxylation is 2. The third-order valence-electron chi connectivity index (χ3n) is 6.53. The lowest BCUT2D eigenvalue weighted by molar-refractivity contribution is 0.627. The van der Waals surface area contributed by atoms with E-state index in [-0.39, 0.29) is 0 Å². The predicted octanol–water partition coefficient (Wildman–Crippen LogP) is 7.56. The molecule has 5 heteroatoms. The third kappa shape index (κ3) is 5.42. The van der Waals surface area contributed by atoms with Crippen LogP contribution in [0.2, 0.25) is 0 Å². The molecule has 0 fully saturated rings. The number of unbranched alkanes of at least 4 members (excludes halogenated alkanes) is 2. The molecule has 35 heavy (non-hydrogen) atoms. The van der Waals surface area contributed by atoms with Gasteiger partial charge < -0.3 is 9.40 Å². The summed E-state index contributed by atoms with van der Waals surface area (Å²) in [6, 6.07) is 26.8. The monoisotopic (exact) mass is 484 g/mol. The summed E-state index contributed by atoms with van der Waals surface area (Å²) >= 11 is 0. The van der Waals surface area contributed by atoms with Crippen molar-refractivity contribution in [2.24, 2.45) is 0 Å². The van der Waals surface area contributed by atoms with Crippen molar-refractivity contribution < 1.29 is 8.63 Å². The molecule has 0 saturated heterocycles. The Labute approximate surface area is 209 Å². The number of nitrogens with one attached hydrogen (secondary N) is 2. The molecular formula is C30H32N2O2S. The van der Waals surface area contributed by atoms with E-state index < -0.39 is 11.0 Å². The Morgan fingerprint density at radius 2 is 1.69 bits per heavy atom. The molecule has 2 heterocycles. The maximum atomic E-state index is 12.8. The molecule has 2 N–H and O–H groups in total. The topological polar surface area (TPSA) is 58.0 Å². The van der Waals surface area contributed by atoms with Crippen molar-refractivity contribution in [3.05, 3.63) is 90.0 Å². The van der Waals surface area contributed by atoms with Crippen molar-refractivity contribution in [3.8, 4) is 11.5 Å².